The predicted octanol–water partition coefficient (Wildman–Crippen LogP) is 4.40. The van der Waals surface area contributed by atoms with Crippen molar-refractivity contribution in [1.29, 1.82) is 0 Å². The second-order valence-corrected chi connectivity index (χ2v) is 6.67. The Morgan fingerprint density at radius 3 is 2.19 bits per heavy atom. The van der Waals surface area contributed by atoms with Crippen LogP contribution in [0.5, 0.6) is 5.75 Å². The summed E-state index contributed by atoms with van der Waals surface area (Å²) in [6.45, 7) is 2.39. The minimum Gasteiger partial charge on any atom is -0.497 e. The van der Waals surface area contributed by atoms with Crippen LogP contribution in [-0.4, -0.2) is 18.8 Å². The number of carbonyl (C=O) groups is 2. The van der Waals surface area contributed by atoms with E-state index in [9.17, 15) is 9.59 Å². The molecule has 1 heterocycles. The lowest BCUT2D eigenvalue weighted by atomic mass is 10.0. The molecule has 4 rings (SSSR count). The van der Waals surface area contributed by atoms with Crippen LogP contribution in [0.25, 0.3) is 11.1 Å². The maximum absolute atomic E-state index is 12.5. The molecule has 0 aromatic heterocycles. The standard InChI is InChI=1S/C23H19NO3/c1-15-3-7-17(8-4-15)18-9-12-21-20(13-18)22(25)23(26)24(21)14-16-5-10-19(27-2)11-6-16/h3-13H,14H2,1-2H3. The number of aryl methyl sites for hydroxylation is 1. The largest absolute Gasteiger partial charge is 0.497 e. The number of Topliss-reactive ketones (excluding diaryl/α,β-unsaturated/α-hetero) is 1. The van der Waals surface area contributed by atoms with E-state index in [0.29, 0.717) is 17.8 Å². The van der Waals surface area contributed by atoms with Gasteiger partial charge in [0, 0.05) is 0 Å². The van der Waals surface area contributed by atoms with Gasteiger partial charge in [-0.1, -0.05) is 48.0 Å². The van der Waals surface area contributed by atoms with E-state index in [4.69, 9.17) is 4.74 Å². The summed E-state index contributed by atoms with van der Waals surface area (Å²) in [6.07, 6.45) is 0. The Morgan fingerprint density at radius 2 is 1.52 bits per heavy atom. The fourth-order valence-corrected chi connectivity index (χ4v) is 3.30. The number of carbonyl (C=O) groups excluding carboxylic acids is 2. The predicted molar refractivity (Wildman–Crippen MR) is 105 cm³/mol. The third kappa shape index (κ3) is 3.10. The van der Waals surface area contributed by atoms with Crippen molar-refractivity contribution in [3.05, 3.63) is 83.4 Å². The van der Waals surface area contributed by atoms with E-state index in [1.165, 1.54) is 5.56 Å². The van der Waals surface area contributed by atoms with Gasteiger partial charge in [-0.05, 0) is 47.9 Å². The summed E-state index contributed by atoms with van der Waals surface area (Å²) in [4.78, 5) is 26.6. The SMILES string of the molecule is COc1ccc(CN2C(=O)C(=O)c3cc(-c4ccc(C)cc4)ccc32)cc1. The molecule has 0 N–H and O–H groups in total. The Balaban J connectivity index is 1.66. The Morgan fingerprint density at radius 1 is 0.852 bits per heavy atom. The molecule has 0 saturated carbocycles. The maximum atomic E-state index is 12.5. The van der Waals surface area contributed by atoms with Crippen LogP contribution in [0.15, 0.2) is 66.7 Å². The molecule has 0 saturated heterocycles. The molecular weight excluding hydrogens is 338 g/mol. The zero-order chi connectivity index (χ0) is 19.0. The highest BCUT2D eigenvalue weighted by atomic mass is 16.5. The first-order valence-electron chi connectivity index (χ1n) is 8.77. The molecule has 0 bridgehead atoms. The summed E-state index contributed by atoms with van der Waals surface area (Å²) in [6, 6.07) is 21.2. The van der Waals surface area contributed by atoms with Crippen molar-refractivity contribution in [1.82, 2.24) is 0 Å². The Bertz CT molecular complexity index is 1020. The van der Waals surface area contributed by atoms with Crippen LogP contribution in [0, 0.1) is 6.92 Å². The number of fused-ring (bicyclic) bond motifs is 1. The highest BCUT2D eigenvalue weighted by Crippen LogP contribution is 2.34. The van der Waals surface area contributed by atoms with Crippen LogP contribution in [0.1, 0.15) is 21.5 Å². The van der Waals surface area contributed by atoms with Crippen molar-refractivity contribution < 1.29 is 14.3 Å². The molecule has 3 aromatic rings. The van der Waals surface area contributed by atoms with Gasteiger partial charge < -0.3 is 9.64 Å². The van der Waals surface area contributed by atoms with Crippen molar-refractivity contribution in [3.8, 4) is 16.9 Å². The van der Waals surface area contributed by atoms with E-state index in [2.05, 4.69) is 0 Å². The van der Waals surface area contributed by atoms with E-state index in [1.807, 2.05) is 73.7 Å². The Kier molecular flexibility index (Phi) is 4.24. The van der Waals surface area contributed by atoms with Gasteiger partial charge in [0.2, 0.25) is 0 Å². The van der Waals surface area contributed by atoms with Gasteiger partial charge in [-0.25, -0.2) is 0 Å². The first kappa shape index (κ1) is 17.0. The van der Waals surface area contributed by atoms with Gasteiger partial charge in [0.05, 0.1) is 24.9 Å². The summed E-state index contributed by atoms with van der Waals surface area (Å²) < 4.78 is 5.16. The fourth-order valence-electron chi connectivity index (χ4n) is 3.30. The second kappa shape index (κ2) is 6.72. The van der Waals surface area contributed by atoms with Gasteiger partial charge in [-0.3, -0.25) is 9.59 Å². The molecule has 0 unspecified atom stereocenters. The van der Waals surface area contributed by atoms with Gasteiger partial charge in [-0.2, -0.15) is 0 Å². The number of benzene rings is 3. The number of ether oxygens (including phenoxy) is 1. The molecular formula is C23H19NO3. The van der Waals surface area contributed by atoms with Crippen molar-refractivity contribution >= 4 is 17.4 Å². The topological polar surface area (TPSA) is 46.6 Å². The third-order valence-corrected chi connectivity index (χ3v) is 4.86. The highest BCUT2D eigenvalue weighted by Gasteiger charge is 2.35. The first-order valence-corrected chi connectivity index (χ1v) is 8.77. The van der Waals surface area contributed by atoms with Crippen molar-refractivity contribution in [3.63, 3.8) is 0 Å². The molecule has 3 aromatic carbocycles. The summed E-state index contributed by atoms with van der Waals surface area (Å²) in [5.41, 5.74) is 5.20. The van der Waals surface area contributed by atoms with Crippen LogP contribution >= 0.6 is 0 Å². The van der Waals surface area contributed by atoms with Gasteiger partial charge in [0.15, 0.2) is 0 Å². The minimum absolute atomic E-state index is 0.353. The summed E-state index contributed by atoms with van der Waals surface area (Å²) in [7, 11) is 1.61. The van der Waals surface area contributed by atoms with E-state index < -0.39 is 11.7 Å². The monoisotopic (exact) mass is 357 g/mol. The van der Waals surface area contributed by atoms with Gasteiger partial charge in [0.25, 0.3) is 11.7 Å². The fraction of sp³-hybridized carbons (Fsp3) is 0.130. The molecule has 4 heteroatoms. The van der Waals surface area contributed by atoms with Crippen LogP contribution in [-0.2, 0) is 11.3 Å². The molecule has 0 aliphatic carbocycles. The lowest BCUT2D eigenvalue weighted by molar-refractivity contribution is -0.114. The normalized spacial score (nSPS) is 13.0. The number of amides is 1. The lowest BCUT2D eigenvalue weighted by Gasteiger charge is -2.17. The highest BCUT2D eigenvalue weighted by molar-refractivity contribution is 6.52. The van der Waals surface area contributed by atoms with Crippen LogP contribution < -0.4 is 9.64 Å². The van der Waals surface area contributed by atoms with Gasteiger partial charge >= 0.3 is 0 Å². The number of hydrogen-bond donors (Lipinski definition) is 0. The molecule has 0 spiro atoms. The molecule has 1 aliphatic heterocycles. The number of nitrogens with zero attached hydrogens (tertiary/aromatic N) is 1. The van der Waals surface area contributed by atoms with E-state index in [1.54, 1.807) is 12.0 Å². The molecule has 4 nitrogen and oxygen atoms in total. The van der Waals surface area contributed by atoms with E-state index in [0.717, 1.165) is 22.4 Å². The van der Waals surface area contributed by atoms with E-state index in [-0.39, 0.29) is 0 Å². The molecule has 0 radical (unpaired) electrons. The molecule has 27 heavy (non-hydrogen) atoms. The molecule has 1 amide bonds. The number of rotatable bonds is 4. The maximum Gasteiger partial charge on any atom is 0.299 e. The molecule has 0 fully saturated rings. The first-order chi connectivity index (χ1) is 13.1. The molecule has 1 aliphatic rings. The molecule has 0 atom stereocenters. The Labute approximate surface area is 158 Å². The lowest BCUT2D eigenvalue weighted by Crippen LogP contribution is -2.29. The average molecular weight is 357 g/mol. The summed E-state index contributed by atoms with van der Waals surface area (Å²) >= 11 is 0. The molecule has 134 valence electrons. The quantitative estimate of drug-likeness (QED) is 0.650. The van der Waals surface area contributed by atoms with Crippen LogP contribution in [0.4, 0.5) is 5.69 Å². The number of hydrogen-bond acceptors (Lipinski definition) is 3. The summed E-state index contributed by atoms with van der Waals surface area (Å²) in [5.74, 6) is -0.180. The third-order valence-electron chi connectivity index (χ3n) is 4.86. The van der Waals surface area contributed by atoms with E-state index >= 15 is 0 Å². The van der Waals surface area contributed by atoms with Crippen LogP contribution in [0.3, 0.4) is 0 Å². The minimum atomic E-state index is -0.484. The van der Waals surface area contributed by atoms with Gasteiger partial charge in [-0.15, -0.1) is 0 Å². The number of methoxy groups -OCH3 is 1. The van der Waals surface area contributed by atoms with Gasteiger partial charge in [0.1, 0.15) is 5.75 Å². The van der Waals surface area contributed by atoms with Crippen molar-refractivity contribution in [2.24, 2.45) is 0 Å². The number of anilines is 1. The van der Waals surface area contributed by atoms with Crippen molar-refractivity contribution in [2.75, 3.05) is 12.0 Å². The van der Waals surface area contributed by atoms with Crippen LogP contribution in [0.2, 0.25) is 0 Å². The van der Waals surface area contributed by atoms with Crippen molar-refractivity contribution in [2.45, 2.75) is 13.5 Å². The Hall–Kier alpha value is -3.40. The zero-order valence-corrected chi connectivity index (χ0v) is 15.2. The average Bonchev–Trinajstić information content (AvgIpc) is 2.93. The number of ketones is 1. The summed E-state index contributed by atoms with van der Waals surface area (Å²) in [5, 5.41) is 0. The second-order valence-electron chi connectivity index (χ2n) is 6.67. The zero-order valence-electron chi connectivity index (χ0n) is 15.2. The smallest absolute Gasteiger partial charge is 0.299 e.